The van der Waals surface area contributed by atoms with Crippen molar-refractivity contribution in [1.82, 2.24) is 19.4 Å². The predicted molar refractivity (Wildman–Crippen MR) is 78.7 cm³/mol. The van der Waals surface area contributed by atoms with Gasteiger partial charge in [-0.05, 0) is 31.0 Å². The molecule has 1 aliphatic rings. The Morgan fingerprint density at radius 1 is 1.38 bits per heavy atom. The van der Waals surface area contributed by atoms with Gasteiger partial charge in [0.05, 0.1) is 6.54 Å². The Hall–Kier alpha value is -2.21. The summed E-state index contributed by atoms with van der Waals surface area (Å²) in [5, 5.41) is 0. The lowest BCUT2D eigenvalue weighted by Gasteiger charge is -2.34. The van der Waals surface area contributed by atoms with E-state index in [9.17, 15) is 4.79 Å². The van der Waals surface area contributed by atoms with E-state index in [-0.39, 0.29) is 11.9 Å². The minimum atomic E-state index is -0.273. The van der Waals surface area contributed by atoms with Crippen LogP contribution >= 0.6 is 0 Å². The fourth-order valence-electron chi connectivity index (χ4n) is 2.90. The predicted octanol–water partition coefficient (Wildman–Crippen LogP) is 1.28. The highest BCUT2D eigenvalue weighted by Gasteiger charge is 2.25. The van der Waals surface area contributed by atoms with Crippen molar-refractivity contribution in [1.29, 1.82) is 0 Å². The van der Waals surface area contributed by atoms with Crippen LogP contribution in [0.5, 0.6) is 0 Å². The van der Waals surface area contributed by atoms with E-state index in [0.29, 0.717) is 6.54 Å². The van der Waals surface area contributed by atoms with E-state index in [1.165, 1.54) is 6.42 Å². The molecule has 1 amide bonds. The maximum Gasteiger partial charge on any atom is 0.231 e. The standard InChI is InChI=1S/C15H19N5O/c16-14(21)10-19-7-2-1-3-13(19)12-4-5-15(18-9-12)20-8-6-17-11-20/h4-6,8-9,11,13H,1-3,7,10H2,(H2,16,21)/t13-/m1/s1. The average Bonchev–Trinajstić information content (AvgIpc) is 3.02. The van der Waals surface area contributed by atoms with Crippen LogP contribution in [-0.2, 0) is 4.79 Å². The van der Waals surface area contributed by atoms with Gasteiger partial charge in [-0.25, -0.2) is 9.97 Å². The second-order valence-electron chi connectivity index (χ2n) is 5.37. The molecule has 110 valence electrons. The van der Waals surface area contributed by atoms with Crippen molar-refractivity contribution >= 4 is 5.91 Å². The van der Waals surface area contributed by atoms with Crippen LogP contribution in [0.2, 0.25) is 0 Å². The van der Waals surface area contributed by atoms with E-state index < -0.39 is 0 Å². The Morgan fingerprint density at radius 2 is 2.29 bits per heavy atom. The molecule has 6 heteroatoms. The van der Waals surface area contributed by atoms with Gasteiger partial charge in [-0.3, -0.25) is 14.3 Å². The Bertz CT molecular complexity index is 593. The summed E-state index contributed by atoms with van der Waals surface area (Å²) in [6.07, 6.45) is 10.5. The molecule has 3 rings (SSSR count). The number of rotatable bonds is 4. The third kappa shape index (κ3) is 3.11. The average molecular weight is 285 g/mol. The maximum atomic E-state index is 11.2. The Morgan fingerprint density at radius 3 is 2.95 bits per heavy atom. The SMILES string of the molecule is NC(=O)CN1CCCC[C@@H]1c1ccc(-n2ccnc2)nc1. The first-order valence-corrected chi connectivity index (χ1v) is 7.20. The lowest BCUT2D eigenvalue weighted by atomic mass is 9.96. The molecule has 0 aromatic carbocycles. The van der Waals surface area contributed by atoms with Crippen LogP contribution in [-0.4, -0.2) is 38.4 Å². The van der Waals surface area contributed by atoms with Gasteiger partial charge in [-0.15, -0.1) is 0 Å². The van der Waals surface area contributed by atoms with Gasteiger partial charge in [0.15, 0.2) is 0 Å². The second kappa shape index (κ2) is 6.05. The lowest BCUT2D eigenvalue weighted by Crippen LogP contribution is -2.39. The van der Waals surface area contributed by atoms with Crippen molar-refractivity contribution < 1.29 is 4.79 Å². The normalized spacial score (nSPS) is 19.5. The van der Waals surface area contributed by atoms with Crippen LogP contribution in [0.4, 0.5) is 0 Å². The number of primary amides is 1. The van der Waals surface area contributed by atoms with Crippen molar-refractivity contribution in [2.45, 2.75) is 25.3 Å². The Kier molecular flexibility index (Phi) is 3.96. The Labute approximate surface area is 123 Å². The van der Waals surface area contributed by atoms with E-state index in [1.807, 2.05) is 23.0 Å². The number of hydrogen-bond acceptors (Lipinski definition) is 4. The number of nitrogens with zero attached hydrogens (tertiary/aromatic N) is 4. The molecule has 0 bridgehead atoms. The van der Waals surface area contributed by atoms with Gasteiger partial charge < -0.3 is 5.73 Å². The van der Waals surface area contributed by atoms with Crippen LogP contribution in [0.25, 0.3) is 5.82 Å². The molecule has 0 spiro atoms. The van der Waals surface area contributed by atoms with Gasteiger partial charge in [0.25, 0.3) is 0 Å². The molecule has 1 saturated heterocycles. The number of pyridine rings is 1. The number of hydrogen-bond donors (Lipinski definition) is 1. The lowest BCUT2D eigenvalue weighted by molar-refractivity contribution is -0.120. The Balaban J connectivity index is 1.79. The summed E-state index contributed by atoms with van der Waals surface area (Å²) in [7, 11) is 0. The maximum absolute atomic E-state index is 11.2. The molecule has 0 unspecified atom stereocenters. The minimum Gasteiger partial charge on any atom is -0.369 e. The first-order valence-electron chi connectivity index (χ1n) is 7.20. The summed E-state index contributed by atoms with van der Waals surface area (Å²) in [4.78, 5) is 21.9. The highest BCUT2D eigenvalue weighted by molar-refractivity contribution is 5.76. The largest absolute Gasteiger partial charge is 0.369 e. The highest BCUT2D eigenvalue weighted by atomic mass is 16.1. The minimum absolute atomic E-state index is 0.232. The van der Waals surface area contributed by atoms with Crippen LogP contribution < -0.4 is 5.73 Å². The molecule has 1 aliphatic heterocycles. The van der Waals surface area contributed by atoms with E-state index in [0.717, 1.165) is 30.8 Å². The van der Waals surface area contributed by atoms with Gasteiger partial charge in [0.1, 0.15) is 12.1 Å². The third-order valence-electron chi connectivity index (χ3n) is 3.90. The topological polar surface area (TPSA) is 77.0 Å². The quantitative estimate of drug-likeness (QED) is 0.918. The fourth-order valence-corrected chi connectivity index (χ4v) is 2.90. The fraction of sp³-hybridized carbons (Fsp3) is 0.400. The molecule has 3 heterocycles. The molecule has 0 aliphatic carbocycles. The molecule has 0 saturated carbocycles. The van der Waals surface area contributed by atoms with Gasteiger partial charge >= 0.3 is 0 Å². The van der Waals surface area contributed by atoms with E-state index in [1.54, 1.807) is 12.5 Å². The van der Waals surface area contributed by atoms with Gasteiger partial charge in [0.2, 0.25) is 5.91 Å². The summed E-state index contributed by atoms with van der Waals surface area (Å²) in [6.45, 7) is 1.23. The van der Waals surface area contributed by atoms with E-state index >= 15 is 0 Å². The first kappa shape index (κ1) is 13.8. The van der Waals surface area contributed by atoms with Crippen LogP contribution in [0.3, 0.4) is 0 Å². The molecule has 21 heavy (non-hydrogen) atoms. The number of amides is 1. The zero-order valence-electron chi connectivity index (χ0n) is 11.9. The van der Waals surface area contributed by atoms with Crippen molar-refractivity contribution in [3.63, 3.8) is 0 Å². The number of carbonyl (C=O) groups is 1. The zero-order chi connectivity index (χ0) is 14.7. The molecule has 1 atom stereocenters. The van der Waals surface area contributed by atoms with Gasteiger partial charge in [0, 0.05) is 24.6 Å². The molecular weight excluding hydrogens is 266 g/mol. The molecule has 6 nitrogen and oxygen atoms in total. The molecule has 0 radical (unpaired) electrons. The first-order chi connectivity index (χ1) is 10.2. The van der Waals surface area contributed by atoms with Gasteiger partial charge in [-0.1, -0.05) is 12.5 Å². The molecule has 2 aromatic heterocycles. The highest BCUT2D eigenvalue weighted by Crippen LogP contribution is 2.30. The number of imidazole rings is 1. The summed E-state index contributed by atoms with van der Waals surface area (Å²) in [6, 6.07) is 4.29. The molecular formula is C15H19N5O. The van der Waals surface area contributed by atoms with Gasteiger partial charge in [-0.2, -0.15) is 0 Å². The summed E-state index contributed by atoms with van der Waals surface area (Å²) < 4.78 is 1.87. The van der Waals surface area contributed by atoms with Crippen molar-refractivity contribution in [3.05, 3.63) is 42.6 Å². The van der Waals surface area contributed by atoms with Crippen molar-refractivity contribution in [2.24, 2.45) is 5.73 Å². The number of carbonyl (C=O) groups excluding carboxylic acids is 1. The zero-order valence-corrected chi connectivity index (χ0v) is 11.9. The summed E-state index contributed by atoms with van der Waals surface area (Å²) in [5.74, 6) is 0.568. The van der Waals surface area contributed by atoms with Crippen LogP contribution in [0.1, 0.15) is 30.9 Å². The summed E-state index contributed by atoms with van der Waals surface area (Å²) in [5.41, 5.74) is 6.48. The monoisotopic (exact) mass is 285 g/mol. The second-order valence-corrected chi connectivity index (χ2v) is 5.37. The van der Waals surface area contributed by atoms with E-state index in [2.05, 4.69) is 20.9 Å². The van der Waals surface area contributed by atoms with Crippen molar-refractivity contribution in [2.75, 3.05) is 13.1 Å². The number of nitrogens with two attached hydrogens (primary N) is 1. The molecule has 1 fully saturated rings. The van der Waals surface area contributed by atoms with Crippen molar-refractivity contribution in [3.8, 4) is 5.82 Å². The number of aromatic nitrogens is 3. The van der Waals surface area contributed by atoms with E-state index in [4.69, 9.17) is 5.73 Å². The smallest absolute Gasteiger partial charge is 0.231 e. The number of likely N-dealkylation sites (tertiary alicyclic amines) is 1. The summed E-state index contributed by atoms with van der Waals surface area (Å²) >= 11 is 0. The number of piperidine rings is 1. The van der Waals surface area contributed by atoms with Crippen LogP contribution in [0.15, 0.2) is 37.1 Å². The molecule has 2 N–H and O–H groups in total. The molecule has 2 aromatic rings. The van der Waals surface area contributed by atoms with Crippen LogP contribution in [0, 0.1) is 0 Å². The third-order valence-corrected chi connectivity index (χ3v) is 3.90.